The third kappa shape index (κ3) is 3.45. The molecule has 2 rings (SSSR count). The maximum Gasteiger partial charge on any atom is 0.180 e. The van der Waals surface area contributed by atoms with E-state index < -0.39 is 0 Å². The topological polar surface area (TPSA) is 48.1 Å². The summed E-state index contributed by atoms with van der Waals surface area (Å²) in [5, 5.41) is 0.631. The lowest BCUT2D eigenvalue weighted by Gasteiger charge is -2.37. The van der Waals surface area contributed by atoms with Gasteiger partial charge in [0.05, 0.1) is 17.6 Å². The summed E-state index contributed by atoms with van der Waals surface area (Å²) < 4.78 is 6.14. The number of nitrogens with zero attached hydrogens (tertiary/aromatic N) is 1. The Morgan fingerprint density at radius 2 is 2.28 bits per heavy atom. The standard InChI is InChI=1S/C14H24N2OS/c1-9(2)12-5-4-10(3)6-13(12)17-8-11-7-16-14(15)18-11/h7,9-10,12-13H,4-6,8H2,1-3H3,(H2,15,16). The number of ether oxygens (including phenoxy) is 1. The van der Waals surface area contributed by atoms with Gasteiger partial charge in [-0.1, -0.05) is 38.5 Å². The molecule has 1 aliphatic carbocycles. The van der Waals surface area contributed by atoms with E-state index in [2.05, 4.69) is 25.8 Å². The molecule has 1 heterocycles. The number of anilines is 1. The van der Waals surface area contributed by atoms with E-state index >= 15 is 0 Å². The molecule has 0 amide bonds. The maximum atomic E-state index is 6.14. The van der Waals surface area contributed by atoms with E-state index in [9.17, 15) is 0 Å². The average Bonchev–Trinajstić information content (AvgIpc) is 2.72. The Bertz CT molecular complexity index is 378. The quantitative estimate of drug-likeness (QED) is 0.905. The molecule has 0 aliphatic heterocycles. The molecular formula is C14H24N2OS. The molecule has 18 heavy (non-hydrogen) atoms. The van der Waals surface area contributed by atoms with E-state index in [1.54, 1.807) is 0 Å². The summed E-state index contributed by atoms with van der Waals surface area (Å²) in [6.07, 6.45) is 6.07. The van der Waals surface area contributed by atoms with Crippen LogP contribution in [0.3, 0.4) is 0 Å². The Balaban J connectivity index is 1.92. The molecule has 2 N–H and O–H groups in total. The van der Waals surface area contributed by atoms with Crippen LogP contribution in [-0.2, 0) is 11.3 Å². The molecule has 3 unspecified atom stereocenters. The van der Waals surface area contributed by atoms with Gasteiger partial charge in [0.25, 0.3) is 0 Å². The van der Waals surface area contributed by atoms with Crippen molar-refractivity contribution >= 4 is 16.5 Å². The fourth-order valence-electron chi connectivity index (χ4n) is 2.88. The normalized spacial score (nSPS) is 28.8. The molecule has 1 aromatic rings. The van der Waals surface area contributed by atoms with Crippen molar-refractivity contribution in [2.75, 3.05) is 5.73 Å². The molecule has 0 saturated heterocycles. The Hall–Kier alpha value is -0.610. The Morgan fingerprint density at radius 3 is 2.89 bits per heavy atom. The van der Waals surface area contributed by atoms with Crippen LogP contribution in [-0.4, -0.2) is 11.1 Å². The van der Waals surface area contributed by atoms with E-state index in [1.807, 2.05) is 6.20 Å². The monoisotopic (exact) mass is 268 g/mol. The molecule has 1 aromatic heterocycles. The fourth-order valence-corrected chi connectivity index (χ4v) is 3.49. The van der Waals surface area contributed by atoms with Gasteiger partial charge in [0, 0.05) is 6.20 Å². The minimum Gasteiger partial charge on any atom is -0.375 e. The highest BCUT2D eigenvalue weighted by molar-refractivity contribution is 7.15. The van der Waals surface area contributed by atoms with Crippen LogP contribution in [0.1, 0.15) is 44.9 Å². The number of nitrogens with two attached hydrogens (primary N) is 1. The van der Waals surface area contributed by atoms with Crippen LogP contribution in [0.25, 0.3) is 0 Å². The largest absolute Gasteiger partial charge is 0.375 e. The van der Waals surface area contributed by atoms with Crippen LogP contribution in [0, 0.1) is 17.8 Å². The molecule has 4 heteroatoms. The second-order valence-electron chi connectivity index (χ2n) is 5.84. The number of aromatic nitrogens is 1. The fraction of sp³-hybridized carbons (Fsp3) is 0.786. The van der Waals surface area contributed by atoms with Crippen molar-refractivity contribution in [2.24, 2.45) is 17.8 Å². The lowest BCUT2D eigenvalue weighted by molar-refractivity contribution is -0.0464. The molecule has 0 bridgehead atoms. The number of nitrogen functional groups attached to an aromatic ring is 1. The predicted molar refractivity (Wildman–Crippen MR) is 76.4 cm³/mol. The third-order valence-electron chi connectivity index (χ3n) is 3.97. The minimum absolute atomic E-state index is 0.400. The predicted octanol–water partition coefficient (Wildman–Crippen LogP) is 3.70. The van der Waals surface area contributed by atoms with Crippen LogP contribution in [0.4, 0.5) is 5.13 Å². The molecule has 102 valence electrons. The van der Waals surface area contributed by atoms with Crippen molar-refractivity contribution in [3.63, 3.8) is 0 Å². The summed E-state index contributed by atoms with van der Waals surface area (Å²) in [7, 11) is 0. The Kier molecular flexibility index (Phi) is 4.62. The molecular weight excluding hydrogens is 244 g/mol. The number of hydrogen-bond acceptors (Lipinski definition) is 4. The van der Waals surface area contributed by atoms with E-state index in [-0.39, 0.29) is 0 Å². The Morgan fingerprint density at radius 1 is 1.50 bits per heavy atom. The first-order valence-corrected chi connectivity index (χ1v) is 7.69. The molecule has 1 saturated carbocycles. The van der Waals surface area contributed by atoms with Gasteiger partial charge in [0.1, 0.15) is 0 Å². The summed E-state index contributed by atoms with van der Waals surface area (Å²) in [5.41, 5.74) is 5.64. The van der Waals surface area contributed by atoms with Gasteiger partial charge in [-0.25, -0.2) is 4.98 Å². The molecule has 0 radical (unpaired) electrons. The van der Waals surface area contributed by atoms with Crippen LogP contribution < -0.4 is 5.73 Å². The van der Waals surface area contributed by atoms with Gasteiger partial charge in [0.15, 0.2) is 5.13 Å². The zero-order chi connectivity index (χ0) is 13.1. The first-order valence-electron chi connectivity index (χ1n) is 6.88. The van der Waals surface area contributed by atoms with Gasteiger partial charge < -0.3 is 10.5 Å². The highest BCUT2D eigenvalue weighted by Gasteiger charge is 2.31. The summed E-state index contributed by atoms with van der Waals surface area (Å²) >= 11 is 1.53. The highest BCUT2D eigenvalue weighted by Crippen LogP contribution is 2.35. The smallest absolute Gasteiger partial charge is 0.180 e. The van der Waals surface area contributed by atoms with Crippen molar-refractivity contribution in [3.05, 3.63) is 11.1 Å². The van der Waals surface area contributed by atoms with Crippen molar-refractivity contribution < 1.29 is 4.74 Å². The van der Waals surface area contributed by atoms with E-state index in [0.717, 1.165) is 10.8 Å². The number of rotatable bonds is 4. The van der Waals surface area contributed by atoms with Gasteiger partial charge in [-0.15, -0.1) is 0 Å². The highest BCUT2D eigenvalue weighted by atomic mass is 32.1. The van der Waals surface area contributed by atoms with Gasteiger partial charge >= 0.3 is 0 Å². The maximum absolute atomic E-state index is 6.14. The molecule has 1 aliphatic rings. The lowest BCUT2D eigenvalue weighted by Crippen LogP contribution is -2.34. The van der Waals surface area contributed by atoms with E-state index in [4.69, 9.17) is 10.5 Å². The van der Waals surface area contributed by atoms with Crippen LogP contribution in [0.2, 0.25) is 0 Å². The van der Waals surface area contributed by atoms with Crippen LogP contribution in [0.5, 0.6) is 0 Å². The number of hydrogen-bond donors (Lipinski definition) is 1. The van der Waals surface area contributed by atoms with Gasteiger partial charge in [-0.2, -0.15) is 0 Å². The third-order valence-corrected chi connectivity index (χ3v) is 4.77. The van der Waals surface area contributed by atoms with Gasteiger partial charge in [-0.3, -0.25) is 0 Å². The zero-order valence-electron chi connectivity index (χ0n) is 11.6. The average molecular weight is 268 g/mol. The van der Waals surface area contributed by atoms with Gasteiger partial charge in [0.2, 0.25) is 0 Å². The van der Waals surface area contributed by atoms with Crippen LogP contribution in [0.15, 0.2) is 6.20 Å². The van der Waals surface area contributed by atoms with E-state index in [0.29, 0.717) is 29.7 Å². The summed E-state index contributed by atoms with van der Waals surface area (Å²) in [6.45, 7) is 7.61. The second kappa shape index (κ2) is 6.02. The first kappa shape index (κ1) is 13.8. The van der Waals surface area contributed by atoms with Crippen molar-refractivity contribution in [1.29, 1.82) is 0 Å². The molecule has 0 aromatic carbocycles. The molecule has 3 nitrogen and oxygen atoms in total. The van der Waals surface area contributed by atoms with Crippen molar-refractivity contribution in [3.8, 4) is 0 Å². The summed E-state index contributed by atoms with van der Waals surface area (Å²) in [6, 6.07) is 0. The van der Waals surface area contributed by atoms with Crippen LogP contribution >= 0.6 is 11.3 Å². The second-order valence-corrected chi connectivity index (χ2v) is 6.99. The Labute approximate surface area is 114 Å². The number of thiazole rings is 1. The molecule has 1 fully saturated rings. The van der Waals surface area contributed by atoms with Crippen molar-refractivity contribution in [2.45, 2.75) is 52.7 Å². The lowest BCUT2D eigenvalue weighted by atomic mass is 9.75. The molecule has 3 atom stereocenters. The molecule has 0 spiro atoms. The van der Waals surface area contributed by atoms with E-state index in [1.165, 1.54) is 30.6 Å². The summed E-state index contributed by atoms with van der Waals surface area (Å²) in [5.74, 6) is 2.19. The minimum atomic E-state index is 0.400. The summed E-state index contributed by atoms with van der Waals surface area (Å²) in [4.78, 5) is 5.20. The van der Waals surface area contributed by atoms with Gasteiger partial charge in [-0.05, 0) is 30.6 Å². The SMILES string of the molecule is CC1CCC(C(C)C)C(OCc2cnc(N)s2)C1. The zero-order valence-corrected chi connectivity index (χ0v) is 12.4. The first-order chi connectivity index (χ1) is 8.56. The van der Waals surface area contributed by atoms with Crippen molar-refractivity contribution in [1.82, 2.24) is 4.98 Å².